The fourth-order valence-corrected chi connectivity index (χ4v) is 7.65. The van der Waals surface area contributed by atoms with Gasteiger partial charge in [-0.2, -0.15) is 13.2 Å². The van der Waals surface area contributed by atoms with Gasteiger partial charge in [0.1, 0.15) is 28.3 Å². The van der Waals surface area contributed by atoms with Gasteiger partial charge < -0.3 is 24.7 Å². The second kappa shape index (κ2) is 12.4. The van der Waals surface area contributed by atoms with Crippen molar-refractivity contribution >= 4 is 45.8 Å². The van der Waals surface area contributed by atoms with Gasteiger partial charge in [0.2, 0.25) is 12.1 Å². The summed E-state index contributed by atoms with van der Waals surface area (Å²) >= 11 is 6.81. The summed E-state index contributed by atoms with van der Waals surface area (Å²) in [6.45, 7) is 4.12. The molecule has 2 aromatic carbocycles. The van der Waals surface area contributed by atoms with Gasteiger partial charge in [0, 0.05) is 22.5 Å². The summed E-state index contributed by atoms with van der Waals surface area (Å²) in [4.78, 5) is 34.5. The number of carbonyl (C=O) groups excluding carboxylic acids is 2. The molecule has 9 nitrogen and oxygen atoms in total. The molecule has 5 aromatic rings. The summed E-state index contributed by atoms with van der Waals surface area (Å²) in [5, 5.41) is 3.75. The normalized spacial score (nSPS) is 17.9. The number of ether oxygens (including phenoxy) is 2. The first-order valence-electron chi connectivity index (χ1n) is 15.5. The monoisotopic (exact) mass is 715 g/mol. The number of alkyl carbamates (subject to hydrolysis) is 1. The number of carbonyl (C=O) groups is 2. The number of hydrogen-bond donors (Lipinski definition) is 2. The Morgan fingerprint density at radius 2 is 1.96 bits per heavy atom. The Labute approximate surface area is 286 Å². The van der Waals surface area contributed by atoms with Gasteiger partial charge in [-0.1, -0.05) is 25.4 Å². The van der Waals surface area contributed by atoms with Crippen molar-refractivity contribution in [1.82, 2.24) is 24.8 Å². The Hall–Kier alpha value is -4.56. The van der Waals surface area contributed by atoms with Gasteiger partial charge in [-0.3, -0.25) is 9.36 Å². The Kier molecular flexibility index (Phi) is 8.34. The van der Waals surface area contributed by atoms with Crippen LogP contribution in [0.4, 0.5) is 22.4 Å². The molecule has 3 unspecified atom stereocenters. The number of rotatable bonds is 6. The number of H-pyrrole nitrogens is 1. The van der Waals surface area contributed by atoms with Crippen LogP contribution in [0.5, 0.6) is 5.75 Å². The largest absolute Gasteiger partial charge is 0.464 e. The zero-order valence-electron chi connectivity index (χ0n) is 26.4. The number of aromatic nitrogens is 3. The van der Waals surface area contributed by atoms with E-state index in [0.717, 1.165) is 12.5 Å². The first kappa shape index (κ1) is 33.0. The van der Waals surface area contributed by atoms with Crippen molar-refractivity contribution in [2.75, 3.05) is 13.7 Å². The van der Waals surface area contributed by atoms with Crippen LogP contribution in [0.2, 0.25) is 5.02 Å². The van der Waals surface area contributed by atoms with E-state index >= 15 is 4.39 Å². The second-order valence-corrected chi connectivity index (χ2v) is 13.9. The van der Waals surface area contributed by atoms with Gasteiger partial charge in [-0.05, 0) is 67.3 Å². The number of nitrogens with zero attached hydrogens (tertiary/aromatic N) is 3. The Bertz CT molecular complexity index is 2090. The lowest BCUT2D eigenvalue weighted by molar-refractivity contribution is -0.135. The third-order valence-electron chi connectivity index (χ3n) is 8.88. The molecule has 2 aliphatic rings. The van der Waals surface area contributed by atoms with E-state index in [2.05, 4.69) is 15.3 Å². The van der Waals surface area contributed by atoms with Crippen LogP contribution in [0.1, 0.15) is 54.5 Å². The minimum absolute atomic E-state index is 0.144. The lowest BCUT2D eigenvalue weighted by Crippen LogP contribution is -2.51. The molecule has 2 aliphatic heterocycles. The van der Waals surface area contributed by atoms with E-state index in [4.69, 9.17) is 21.1 Å². The molecule has 49 heavy (non-hydrogen) atoms. The van der Waals surface area contributed by atoms with Crippen LogP contribution in [0.15, 0.2) is 54.7 Å². The van der Waals surface area contributed by atoms with Crippen molar-refractivity contribution in [2.45, 2.75) is 51.2 Å². The number of alkyl halides is 3. The number of halogens is 5. The van der Waals surface area contributed by atoms with Gasteiger partial charge in [-0.25, -0.2) is 14.2 Å². The summed E-state index contributed by atoms with van der Waals surface area (Å²) in [5.74, 6) is -0.434. The summed E-state index contributed by atoms with van der Waals surface area (Å²) < 4.78 is 69.7. The first-order valence-corrected chi connectivity index (χ1v) is 16.7. The van der Waals surface area contributed by atoms with Crippen molar-refractivity contribution in [3.63, 3.8) is 0 Å². The third kappa shape index (κ3) is 5.90. The number of thiophene rings is 1. The highest BCUT2D eigenvalue weighted by Crippen LogP contribution is 2.49. The molecule has 7 rings (SSSR count). The fourth-order valence-electron chi connectivity index (χ4n) is 6.57. The number of nitrogens with one attached hydrogen (secondary N) is 2. The SMILES string of the molecule is COC(=O)NC(C(=O)N1CCCC1c1ncc(-c2cc(F)c3c(c2)OC(c2ccc(C(F)(F)F)s2)n2c-3cc3cc(Cl)ccc32)[nH]1)C(C)C. The zero-order valence-corrected chi connectivity index (χ0v) is 28.0. The highest BCUT2D eigenvalue weighted by atomic mass is 35.5. The lowest BCUT2D eigenvalue weighted by Gasteiger charge is -2.30. The van der Waals surface area contributed by atoms with E-state index in [0.29, 0.717) is 63.0 Å². The fraction of sp³-hybridized carbons (Fsp3) is 0.324. The molecule has 2 amide bonds. The van der Waals surface area contributed by atoms with E-state index in [1.807, 2.05) is 13.8 Å². The molecule has 2 N–H and O–H groups in total. The smallest absolute Gasteiger partial charge is 0.425 e. The molecule has 0 saturated carbocycles. The molecule has 1 fully saturated rings. The van der Waals surface area contributed by atoms with Crippen LogP contribution in [0.3, 0.4) is 0 Å². The van der Waals surface area contributed by atoms with Crippen LogP contribution >= 0.6 is 22.9 Å². The van der Waals surface area contributed by atoms with Crippen molar-refractivity contribution < 1.29 is 36.6 Å². The molecule has 0 spiro atoms. The second-order valence-electron chi connectivity index (χ2n) is 12.3. The van der Waals surface area contributed by atoms with Crippen molar-refractivity contribution in [3.05, 3.63) is 81.1 Å². The van der Waals surface area contributed by atoms with Gasteiger partial charge in [-0.15, -0.1) is 11.3 Å². The van der Waals surface area contributed by atoms with Gasteiger partial charge in [0.25, 0.3) is 0 Å². The minimum atomic E-state index is -4.53. The maximum atomic E-state index is 16.2. The maximum absolute atomic E-state index is 16.2. The third-order valence-corrected chi connectivity index (χ3v) is 10.3. The summed E-state index contributed by atoms with van der Waals surface area (Å²) in [7, 11) is 1.23. The number of aromatic amines is 1. The first-order chi connectivity index (χ1) is 23.3. The number of methoxy groups -OCH3 is 1. The summed E-state index contributed by atoms with van der Waals surface area (Å²) in [6, 6.07) is 11.0. The number of benzene rings is 2. The van der Waals surface area contributed by atoms with E-state index in [1.165, 1.54) is 25.4 Å². The van der Waals surface area contributed by atoms with Crippen LogP contribution in [0, 0.1) is 11.7 Å². The predicted octanol–water partition coefficient (Wildman–Crippen LogP) is 8.55. The van der Waals surface area contributed by atoms with Crippen LogP contribution < -0.4 is 10.1 Å². The van der Waals surface area contributed by atoms with E-state index in [9.17, 15) is 22.8 Å². The average molecular weight is 716 g/mol. The van der Waals surface area contributed by atoms with E-state index in [-0.39, 0.29) is 28.0 Å². The van der Waals surface area contributed by atoms with Crippen molar-refractivity contribution in [2.24, 2.45) is 5.92 Å². The predicted molar refractivity (Wildman–Crippen MR) is 176 cm³/mol. The van der Waals surface area contributed by atoms with Gasteiger partial charge in [0.05, 0.1) is 46.7 Å². The zero-order chi connectivity index (χ0) is 34.8. The number of amides is 2. The highest BCUT2D eigenvalue weighted by molar-refractivity contribution is 7.12. The number of imidazole rings is 1. The molecule has 256 valence electrons. The average Bonchev–Trinajstić information content (AvgIpc) is 3.87. The molecule has 0 radical (unpaired) electrons. The lowest BCUT2D eigenvalue weighted by atomic mass is 10.0. The Morgan fingerprint density at radius 1 is 1.16 bits per heavy atom. The summed E-state index contributed by atoms with van der Waals surface area (Å²) in [5.41, 5.74) is 2.06. The van der Waals surface area contributed by atoms with Crippen LogP contribution in [-0.2, 0) is 15.7 Å². The Balaban J connectivity index is 1.25. The molecular formula is C34H30ClF4N5O4S. The molecule has 5 heterocycles. The molecule has 1 saturated heterocycles. The topological polar surface area (TPSA) is 101 Å². The van der Waals surface area contributed by atoms with E-state index in [1.54, 1.807) is 39.8 Å². The number of hydrogen-bond acceptors (Lipinski definition) is 6. The molecular weight excluding hydrogens is 686 g/mol. The molecule has 0 aliphatic carbocycles. The van der Waals surface area contributed by atoms with E-state index < -0.39 is 41.3 Å². The van der Waals surface area contributed by atoms with Crippen LogP contribution in [0.25, 0.3) is 33.4 Å². The molecule has 0 bridgehead atoms. The van der Waals surface area contributed by atoms with Crippen LogP contribution in [-0.4, -0.2) is 51.1 Å². The van der Waals surface area contributed by atoms with Crippen molar-refractivity contribution in [1.29, 1.82) is 0 Å². The Morgan fingerprint density at radius 3 is 2.67 bits per heavy atom. The van der Waals surface area contributed by atoms with Crippen molar-refractivity contribution in [3.8, 4) is 28.3 Å². The maximum Gasteiger partial charge on any atom is 0.425 e. The number of likely N-dealkylation sites (tertiary alicyclic amines) is 1. The van der Waals surface area contributed by atoms with Gasteiger partial charge in [0.15, 0.2) is 0 Å². The minimum Gasteiger partial charge on any atom is -0.464 e. The number of fused-ring (bicyclic) bond motifs is 5. The summed E-state index contributed by atoms with van der Waals surface area (Å²) in [6.07, 6.45) is -3.37. The molecule has 3 atom stereocenters. The quantitative estimate of drug-likeness (QED) is 0.172. The molecule has 15 heteroatoms. The standard InChI is InChI=1S/C34H30ClF4N5O4S/c1-16(2)29(42-33(46)47-3)31(45)43-10-4-5-23(43)30-40-15-21(41-30)17-12-20(36)28-24-13-18-11-19(35)6-7-22(18)44(24)32(48-25(28)14-17)26-8-9-27(49-26)34(37,38)39/h6-9,11-16,23,29,32H,4-5,10H2,1-3H3,(H,40,41)(H,42,46). The molecule has 3 aromatic heterocycles. The highest BCUT2D eigenvalue weighted by Gasteiger charge is 2.39. The van der Waals surface area contributed by atoms with Gasteiger partial charge >= 0.3 is 12.3 Å².